The lowest BCUT2D eigenvalue weighted by Gasteiger charge is -2.37. The first kappa shape index (κ1) is 16.2. The first-order chi connectivity index (χ1) is 10.2. The third kappa shape index (κ3) is 3.94. The van der Waals surface area contributed by atoms with E-state index >= 15 is 0 Å². The molecule has 1 saturated heterocycles. The second-order valence-corrected chi connectivity index (χ2v) is 5.84. The van der Waals surface area contributed by atoms with Gasteiger partial charge in [0.15, 0.2) is 0 Å². The SMILES string of the molecule is CCCNCc1cc(F)c(N2CCCCC2CC)c(F)c1. The van der Waals surface area contributed by atoms with E-state index < -0.39 is 11.6 Å². The highest BCUT2D eigenvalue weighted by Crippen LogP contribution is 2.31. The molecule has 1 atom stereocenters. The summed E-state index contributed by atoms with van der Waals surface area (Å²) in [5.74, 6) is -0.854. The molecule has 0 aliphatic carbocycles. The standard InChI is InChI=1S/C17H26F2N2/c1-3-8-20-12-13-10-15(18)17(16(19)11-13)21-9-6-5-7-14(21)4-2/h10-11,14,20H,3-9,12H2,1-2H3. The van der Waals surface area contributed by atoms with Gasteiger partial charge < -0.3 is 10.2 Å². The van der Waals surface area contributed by atoms with Gasteiger partial charge in [-0.3, -0.25) is 0 Å². The Morgan fingerprint density at radius 3 is 2.52 bits per heavy atom. The summed E-state index contributed by atoms with van der Waals surface area (Å²) in [5.41, 5.74) is 0.841. The number of benzene rings is 1. The summed E-state index contributed by atoms with van der Waals surface area (Å²) in [7, 11) is 0. The molecule has 1 aliphatic heterocycles. The molecule has 0 bridgehead atoms. The Morgan fingerprint density at radius 2 is 1.90 bits per heavy atom. The molecule has 2 rings (SSSR count). The minimum Gasteiger partial charge on any atom is -0.364 e. The van der Waals surface area contributed by atoms with E-state index in [9.17, 15) is 8.78 Å². The number of halogens is 2. The molecule has 21 heavy (non-hydrogen) atoms. The molecule has 0 aromatic heterocycles. The number of nitrogens with one attached hydrogen (secondary N) is 1. The third-order valence-corrected chi connectivity index (χ3v) is 4.22. The molecule has 0 saturated carbocycles. The van der Waals surface area contributed by atoms with Gasteiger partial charge in [0.25, 0.3) is 0 Å². The topological polar surface area (TPSA) is 15.3 Å². The van der Waals surface area contributed by atoms with Gasteiger partial charge in [0.05, 0.1) is 0 Å². The first-order valence-corrected chi connectivity index (χ1v) is 8.12. The second kappa shape index (κ2) is 7.74. The lowest BCUT2D eigenvalue weighted by Crippen LogP contribution is -2.40. The van der Waals surface area contributed by atoms with Gasteiger partial charge in [-0.1, -0.05) is 13.8 Å². The predicted octanol–water partition coefficient (Wildman–Crippen LogP) is 4.23. The van der Waals surface area contributed by atoms with E-state index in [1.807, 2.05) is 4.90 Å². The Bertz CT molecular complexity index is 439. The molecule has 0 radical (unpaired) electrons. The average molecular weight is 296 g/mol. The van der Waals surface area contributed by atoms with Crippen LogP contribution < -0.4 is 10.2 Å². The van der Waals surface area contributed by atoms with Crippen molar-refractivity contribution >= 4 is 5.69 Å². The Labute approximate surface area is 126 Å². The van der Waals surface area contributed by atoms with Crippen molar-refractivity contribution in [1.29, 1.82) is 0 Å². The van der Waals surface area contributed by atoms with Gasteiger partial charge >= 0.3 is 0 Å². The van der Waals surface area contributed by atoms with Gasteiger partial charge in [0.2, 0.25) is 0 Å². The van der Waals surface area contributed by atoms with Crippen molar-refractivity contribution in [3.8, 4) is 0 Å². The molecular formula is C17H26F2N2. The van der Waals surface area contributed by atoms with Crippen LogP contribution >= 0.6 is 0 Å². The van der Waals surface area contributed by atoms with Gasteiger partial charge in [-0.25, -0.2) is 8.78 Å². The number of anilines is 1. The molecule has 1 heterocycles. The van der Waals surface area contributed by atoms with E-state index in [4.69, 9.17) is 0 Å². The summed E-state index contributed by atoms with van der Waals surface area (Å²) in [6.07, 6.45) is 5.12. The van der Waals surface area contributed by atoms with Crippen LogP contribution in [0.4, 0.5) is 14.5 Å². The summed E-state index contributed by atoms with van der Waals surface area (Å²) >= 11 is 0. The molecule has 1 N–H and O–H groups in total. The van der Waals surface area contributed by atoms with Crippen LogP contribution in [0, 0.1) is 11.6 Å². The molecule has 1 unspecified atom stereocenters. The number of hydrogen-bond acceptors (Lipinski definition) is 2. The molecule has 118 valence electrons. The maximum Gasteiger partial charge on any atom is 0.149 e. The predicted molar refractivity (Wildman–Crippen MR) is 83.6 cm³/mol. The Morgan fingerprint density at radius 1 is 1.19 bits per heavy atom. The van der Waals surface area contributed by atoms with Crippen LogP contribution in [0.1, 0.15) is 51.5 Å². The van der Waals surface area contributed by atoms with Gasteiger partial charge in [-0.15, -0.1) is 0 Å². The average Bonchev–Trinajstić information content (AvgIpc) is 2.47. The van der Waals surface area contributed by atoms with E-state index in [-0.39, 0.29) is 11.7 Å². The second-order valence-electron chi connectivity index (χ2n) is 5.84. The van der Waals surface area contributed by atoms with Crippen molar-refractivity contribution in [2.75, 3.05) is 18.0 Å². The Kier molecular flexibility index (Phi) is 5.97. The summed E-state index contributed by atoms with van der Waals surface area (Å²) in [4.78, 5) is 1.93. The fourth-order valence-electron chi connectivity index (χ4n) is 3.12. The minimum atomic E-state index is -0.427. The number of rotatable bonds is 6. The van der Waals surface area contributed by atoms with Crippen LogP contribution in [0.25, 0.3) is 0 Å². The third-order valence-electron chi connectivity index (χ3n) is 4.22. The minimum absolute atomic E-state index is 0.167. The molecule has 4 heteroatoms. The van der Waals surface area contributed by atoms with Crippen molar-refractivity contribution in [1.82, 2.24) is 5.32 Å². The first-order valence-electron chi connectivity index (χ1n) is 8.12. The summed E-state index contributed by atoms with van der Waals surface area (Å²) in [6.45, 7) is 6.27. The van der Waals surface area contributed by atoms with Crippen LogP contribution in [0.2, 0.25) is 0 Å². The highest BCUT2D eigenvalue weighted by atomic mass is 19.1. The van der Waals surface area contributed by atoms with Crippen molar-refractivity contribution in [3.63, 3.8) is 0 Å². The largest absolute Gasteiger partial charge is 0.364 e. The van der Waals surface area contributed by atoms with Crippen molar-refractivity contribution in [2.45, 2.75) is 58.5 Å². The summed E-state index contributed by atoms with van der Waals surface area (Å²) in [6, 6.07) is 3.21. The van der Waals surface area contributed by atoms with Crippen molar-refractivity contribution in [3.05, 3.63) is 29.3 Å². The normalized spacial score (nSPS) is 19.0. The van der Waals surface area contributed by atoms with Crippen molar-refractivity contribution < 1.29 is 8.78 Å². The molecule has 2 nitrogen and oxygen atoms in total. The van der Waals surface area contributed by atoms with Gasteiger partial charge in [-0.2, -0.15) is 0 Å². The van der Waals surface area contributed by atoms with Crippen LogP contribution in [0.5, 0.6) is 0 Å². The van der Waals surface area contributed by atoms with Crippen LogP contribution in [0.3, 0.4) is 0 Å². The molecule has 1 aromatic rings. The maximum absolute atomic E-state index is 14.4. The van der Waals surface area contributed by atoms with E-state index in [0.717, 1.165) is 45.2 Å². The smallest absolute Gasteiger partial charge is 0.149 e. The zero-order chi connectivity index (χ0) is 15.2. The maximum atomic E-state index is 14.4. The molecule has 0 amide bonds. The van der Waals surface area contributed by atoms with Crippen LogP contribution in [-0.4, -0.2) is 19.1 Å². The molecule has 1 fully saturated rings. The lowest BCUT2D eigenvalue weighted by molar-refractivity contribution is 0.434. The van der Waals surface area contributed by atoms with E-state index in [0.29, 0.717) is 12.1 Å². The number of hydrogen-bond donors (Lipinski definition) is 1. The van der Waals surface area contributed by atoms with Gasteiger partial charge in [0, 0.05) is 19.1 Å². The fraction of sp³-hybridized carbons (Fsp3) is 0.647. The molecule has 0 spiro atoms. The quantitative estimate of drug-likeness (QED) is 0.790. The highest BCUT2D eigenvalue weighted by Gasteiger charge is 2.26. The lowest BCUT2D eigenvalue weighted by atomic mass is 9.98. The van der Waals surface area contributed by atoms with E-state index in [1.54, 1.807) is 0 Å². The fourth-order valence-corrected chi connectivity index (χ4v) is 3.12. The van der Waals surface area contributed by atoms with Crippen LogP contribution in [0.15, 0.2) is 12.1 Å². The van der Waals surface area contributed by atoms with Gasteiger partial charge in [0.1, 0.15) is 17.3 Å². The molecule has 1 aliphatic rings. The van der Waals surface area contributed by atoms with E-state index in [1.165, 1.54) is 12.1 Å². The van der Waals surface area contributed by atoms with E-state index in [2.05, 4.69) is 19.2 Å². The molecular weight excluding hydrogens is 270 g/mol. The number of piperidine rings is 1. The zero-order valence-electron chi connectivity index (χ0n) is 13.1. The highest BCUT2D eigenvalue weighted by molar-refractivity contribution is 5.52. The van der Waals surface area contributed by atoms with Crippen LogP contribution in [-0.2, 0) is 6.54 Å². The number of nitrogens with zero attached hydrogens (tertiary/aromatic N) is 1. The zero-order valence-corrected chi connectivity index (χ0v) is 13.1. The Balaban J connectivity index is 2.19. The Hall–Kier alpha value is -1.16. The summed E-state index contributed by atoms with van der Waals surface area (Å²) in [5, 5.41) is 3.18. The van der Waals surface area contributed by atoms with Crippen molar-refractivity contribution in [2.24, 2.45) is 0 Å². The summed E-state index contributed by atoms with van der Waals surface area (Å²) < 4.78 is 28.8. The van der Waals surface area contributed by atoms with Gasteiger partial charge in [-0.05, 0) is 56.3 Å². The molecule has 1 aromatic carbocycles. The monoisotopic (exact) mass is 296 g/mol.